The summed E-state index contributed by atoms with van der Waals surface area (Å²) in [5.41, 5.74) is -1.37. The highest BCUT2D eigenvalue weighted by molar-refractivity contribution is 5.36. The van der Waals surface area contributed by atoms with Gasteiger partial charge >= 0.3 is 6.18 Å². The molecule has 0 amide bonds. The highest BCUT2D eigenvalue weighted by Crippen LogP contribution is 2.35. The van der Waals surface area contributed by atoms with E-state index in [0.717, 1.165) is 12.1 Å². The minimum Gasteiger partial charge on any atom is -0.296 e. The van der Waals surface area contributed by atoms with E-state index >= 15 is 0 Å². The fourth-order valence-corrected chi connectivity index (χ4v) is 1.62. The molecule has 0 fully saturated rings. The van der Waals surface area contributed by atoms with Crippen LogP contribution < -0.4 is 5.32 Å². The average molecular weight is 274 g/mol. The Balaban J connectivity index is 3.21. The number of hydrogen-bond donors (Lipinski definition) is 1. The molecule has 0 aliphatic rings. The number of rotatable bonds is 4. The van der Waals surface area contributed by atoms with Gasteiger partial charge in [-0.05, 0) is 31.0 Å². The van der Waals surface area contributed by atoms with Crippen molar-refractivity contribution in [1.82, 2.24) is 5.32 Å². The lowest BCUT2D eigenvalue weighted by Crippen LogP contribution is -2.30. The van der Waals surface area contributed by atoms with E-state index in [1.165, 1.54) is 0 Å². The van der Waals surface area contributed by atoms with E-state index in [2.05, 4.69) is 5.32 Å². The zero-order valence-electron chi connectivity index (χ0n) is 10.6. The quantitative estimate of drug-likeness (QED) is 0.848. The van der Waals surface area contributed by atoms with Crippen molar-refractivity contribution in [3.05, 3.63) is 35.1 Å². The summed E-state index contributed by atoms with van der Waals surface area (Å²) in [6, 6.07) is 2.89. The summed E-state index contributed by atoms with van der Waals surface area (Å²) in [6.45, 7) is 3.61. The van der Waals surface area contributed by atoms with Gasteiger partial charge in [0.1, 0.15) is 11.9 Å². The number of nitriles is 1. The maximum Gasteiger partial charge on any atom is 0.416 e. The van der Waals surface area contributed by atoms with Crippen LogP contribution in [0.2, 0.25) is 0 Å². The van der Waals surface area contributed by atoms with Crippen LogP contribution in [0, 0.1) is 17.1 Å². The zero-order valence-corrected chi connectivity index (χ0v) is 10.6. The first kappa shape index (κ1) is 15.4. The molecule has 2 atom stereocenters. The number of hydrogen-bond acceptors (Lipinski definition) is 2. The molecule has 0 heterocycles. The van der Waals surface area contributed by atoms with Crippen LogP contribution in [0.4, 0.5) is 17.6 Å². The predicted octanol–water partition coefficient (Wildman–Crippen LogP) is 3.80. The normalized spacial score (nSPS) is 14.8. The summed E-state index contributed by atoms with van der Waals surface area (Å²) >= 11 is 0. The summed E-state index contributed by atoms with van der Waals surface area (Å²) in [4.78, 5) is 0. The molecule has 0 aliphatic heterocycles. The van der Waals surface area contributed by atoms with E-state index in [4.69, 9.17) is 5.26 Å². The van der Waals surface area contributed by atoms with Crippen molar-refractivity contribution in [3.8, 4) is 6.07 Å². The molecular formula is C13H14F4N2. The fourth-order valence-electron chi connectivity index (χ4n) is 1.62. The average Bonchev–Trinajstić information content (AvgIpc) is 2.34. The largest absolute Gasteiger partial charge is 0.416 e. The van der Waals surface area contributed by atoms with Crippen LogP contribution in [0.25, 0.3) is 0 Å². The minimum absolute atomic E-state index is 0.115. The van der Waals surface area contributed by atoms with Crippen LogP contribution in [0.3, 0.4) is 0 Å². The molecule has 1 aromatic carbocycles. The molecule has 0 spiro atoms. The topological polar surface area (TPSA) is 35.8 Å². The van der Waals surface area contributed by atoms with E-state index in [-0.39, 0.29) is 11.6 Å². The Morgan fingerprint density at radius 1 is 1.37 bits per heavy atom. The number of nitrogens with zero attached hydrogens (tertiary/aromatic N) is 1. The van der Waals surface area contributed by atoms with Gasteiger partial charge < -0.3 is 0 Å². The number of nitrogens with one attached hydrogen (secondary N) is 1. The summed E-state index contributed by atoms with van der Waals surface area (Å²) in [5, 5.41) is 11.8. The Hall–Kier alpha value is -1.61. The molecule has 0 bridgehead atoms. The Kier molecular flexibility index (Phi) is 4.90. The number of halogens is 4. The van der Waals surface area contributed by atoms with Crippen molar-refractivity contribution in [1.29, 1.82) is 5.26 Å². The predicted molar refractivity (Wildman–Crippen MR) is 62.6 cm³/mol. The fraction of sp³-hybridized carbons (Fsp3) is 0.462. The number of alkyl halides is 3. The van der Waals surface area contributed by atoms with Gasteiger partial charge in [0.05, 0.1) is 11.6 Å². The minimum atomic E-state index is -4.69. The van der Waals surface area contributed by atoms with Crippen molar-refractivity contribution < 1.29 is 17.6 Å². The third kappa shape index (κ3) is 3.93. The van der Waals surface area contributed by atoms with E-state index in [9.17, 15) is 17.6 Å². The van der Waals surface area contributed by atoms with Crippen LogP contribution >= 0.6 is 0 Å². The summed E-state index contributed by atoms with van der Waals surface area (Å²) in [5.74, 6) is -0.976. The monoisotopic (exact) mass is 274 g/mol. The van der Waals surface area contributed by atoms with E-state index in [0.29, 0.717) is 12.5 Å². The van der Waals surface area contributed by atoms with Crippen molar-refractivity contribution in [2.24, 2.45) is 0 Å². The van der Waals surface area contributed by atoms with Crippen LogP contribution in [-0.4, -0.2) is 6.04 Å². The molecule has 0 saturated heterocycles. The lowest BCUT2D eigenvalue weighted by molar-refractivity contribution is -0.138. The van der Waals surface area contributed by atoms with Crippen LogP contribution in [-0.2, 0) is 6.18 Å². The molecule has 1 aromatic rings. The van der Waals surface area contributed by atoms with Gasteiger partial charge in [0.15, 0.2) is 0 Å². The third-order valence-electron chi connectivity index (χ3n) is 2.82. The Morgan fingerprint density at radius 2 is 2.00 bits per heavy atom. The molecule has 19 heavy (non-hydrogen) atoms. The molecule has 0 saturated carbocycles. The van der Waals surface area contributed by atoms with Gasteiger partial charge in [-0.1, -0.05) is 13.0 Å². The lowest BCUT2D eigenvalue weighted by atomic mass is 9.99. The van der Waals surface area contributed by atoms with E-state index < -0.39 is 23.6 Å². The standard InChI is InChI=1S/C13H14F4N2/c1-3-8(2)19-12(7-18)10-5-4-9(14)6-11(10)13(15,16)17/h4-6,8,12,19H,3H2,1-2H3. The van der Waals surface area contributed by atoms with Crippen molar-refractivity contribution in [2.45, 2.75) is 38.5 Å². The van der Waals surface area contributed by atoms with Gasteiger partial charge in [0.25, 0.3) is 0 Å². The van der Waals surface area contributed by atoms with Crippen molar-refractivity contribution in [3.63, 3.8) is 0 Å². The highest BCUT2D eigenvalue weighted by atomic mass is 19.4. The van der Waals surface area contributed by atoms with Gasteiger partial charge in [-0.2, -0.15) is 18.4 Å². The highest BCUT2D eigenvalue weighted by Gasteiger charge is 2.36. The molecule has 0 aliphatic carbocycles. The Morgan fingerprint density at radius 3 is 2.47 bits per heavy atom. The second kappa shape index (κ2) is 6.02. The summed E-state index contributed by atoms with van der Waals surface area (Å²) < 4.78 is 51.5. The van der Waals surface area contributed by atoms with Crippen LogP contribution in [0.1, 0.15) is 37.4 Å². The second-order valence-electron chi connectivity index (χ2n) is 4.27. The molecule has 6 heteroatoms. The first-order chi connectivity index (χ1) is 8.79. The molecule has 104 valence electrons. The maximum atomic E-state index is 13.0. The second-order valence-corrected chi connectivity index (χ2v) is 4.27. The van der Waals surface area contributed by atoms with Crippen molar-refractivity contribution >= 4 is 0 Å². The molecule has 1 rings (SSSR count). The van der Waals surface area contributed by atoms with E-state index in [1.54, 1.807) is 13.0 Å². The van der Waals surface area contributed by atoms with Gasteiger partial charge in [0, 0.05) is 6.04 Å². The van der Waals surface area contributed by atoms with Gasteiger partial charge in [-0.25, -0.2) is 4.39 Å². The molecule has 2 unspecified atom stereocenters. The first-order valence-corrected chi connectivity index (χ1v) is 5.81. The third-order valence-corrected chi connectivity index (χ3v) is 2.82. The van der Waals surface area contributed by atoms with E-state index in [1.807, 2.05) is 6.92 Å². The lowest BCUT2D eigenvalue weighted by Gasteiger charge is -2.20. The molecule has 1 N–H and O–H groups in total. The van der Waals surface area contributed by atoms with Crippen LogP contribution in [0.15, 0.2) is 18.2 Å². The van der Waals surface area contributed by atoms with Gasteiger partial charge in [0.2, 0.25) is 0 Å². The van der Waals surface area contributed by atoms with Gasteiger partial charge in [-0.15, -0.1) is 0 Å². The van der Waals surface area contributed by atoms with Gasteiger partial charge in [-0.3, -0.25) is 5.32 Å². The summed E-state index contributed by atoms with van der Waals surface area (Å²) in [6.07, 6.45) is -4.02. The number of benzene rings is 1. The maximum absolute atomic E-state index is 13.0. The summed E-state index contributed by atoms with van der Waals surface area (Å²) in [7, 11) is 0. The molecule has 0 radical (unpaired) electrons. The Labute approximate surface area is 109 Å². The molecule has 0 aromatic heterocycles. The molecular weight excluding hydrogens is 260 g/mol. The smallest absolute Gasteiger partial charge is 0.296 e. The zero-order chi connectivity index (χ0) is 14.6. The first-order valence-electron chi connectivity index (χ1n) is 5.81. The van der Waals surface area contributed by atoms with Crippen LogP contribution in [0.5, 0.6) is 0 Å². The molecule has 2 nitrogen and oxygen atoms in total. The van der Waals surface area contributed by atoms with Crippen molar-refractivity contribution in [2.75, 3.05) is 0 Å². The SMILES string of the molecule is CCC(C)NC(C#N)c1ccc(F)cc1C(F)(F)F. The Bertz CT molecular complexity index is 477.